The summed E-state index contributed by atoms with van der Waals surface area (Å²) in [4.78, 5) is 44.6. The van der Waals surface area contributed by atoms with Crippen molar-refractivity contribution < 1.29 is 18.8 Å². The maximum absolute atomic E-state index is 13.1. The average Bonchev–Trinajstić information content (AvgIpc) is 3.20. The minimum absolute atomic E-state index is 0.00936. The van der Waals surface area contributed by atoms with Crippen LogP contribution in [0.3, 0.4) is 0 Å². The van der Waals surface area contributed by atoms with Gasteiger partial charge in [-0.15, -0.1) is 0 Å². The first-order valence-corrected chi connectivity index (χ1v) is 11.4. The van der Waals surface area contributed by atoms with Crippen molar-refractivity contribution in [1.82, 2.24) is 19.8 Å². The molecule has 0 saturated carbocycles. The van der Waals surface area contributed by atoms with Crippen LogP contribution in [0.5, 0.6) is 0 Å². The molecule has 0 fully saturated rings. The summed E-state index contributed by atoms with van der Waals surface area (Å²) in [5, 5.41) is 5.77. The number of nitrogens with one attached hydrogen (secondary N) is 2. The van der Waals surface area contributed by atoms with Crippen molar-refractivity contribution in [3.63, 3.8) is 0 Å². The molecule has 3 amide bonds. The summed E-state index contributed by atoms with van der Waals surface area (Å²) in [7, 11) is 1.56. The van der Waals surface area contributed by atoms with Crippen molar-refractivity contribution in [3.05, 3.63) is 59.2 Å². The van der Waals surface area contributed by atoms with Crippen molar-refractivity contribution in [3.8, 4) is 0 Å². The fourth-order valence-electron chi connectivity index (χ4n) is 4.25. The molecule has 1 unspecified atom stereocenters. The highest BCUT2D eigenvalue weighted by atomic mass is 19.1. The molecule has 0 radical (unpaired) electrons. The maximum Gasteiger partial charge on any atom is 0.257 e. The summed E-state index contributed by atoms with van der Waals surface area (Å²) < 4.78 is 14.8. The Kier molecular flexibility index (Phi) is 6.90. The SMILES string of the molecule is CC1CCCCNC(=O)c2cccc(c2)C(=O)Nc2nc3cccc(C(=O)N(C)CCF)c3n21. The summed E-state index contributed by atoms with van der Waals surface area (Å²) >= 11 is 0. The summed E-state index contributed by atoms with van der Waals surface area (Å²) in [6.45, 7) is 1.89. The van der Waals surface area contributed by atoms with Gasteiger partial charge in [0.15, 0.2) is 0 Å². The Balaban J connectivity index is 1.83. The van der Waals surface area contributed by atoms with Crippen LogP contribution in [0.4, 0.5) is 10.3 Å². The number of hydrogen-bond acceptors (Lipinski definition) is 4. The predicted molar refractivity (Wildman–Crippen MR) is 128 cm³/mol. The number of anilines is 1. The fraction of sp³-hybridized carbons (Fsp3) is 0.360. The molecule has 1 aromatic heterocycles. The Morgan fingerprint density at radius 3 is 2.65 bits per heavy atom. The standard InChI is InChI=1S/C25H28FN5O3/c1-16-7-3-4-13-27-22(32)17-8-5-9-18(15-17)23(33)29-25-28-20-11-6-10-19(21(20)31(16)25)24(34)30(2)14-12-26/h5-6,8-11,15-16H,3-4,7,12-14H2,1-2H3,(H,27,32)(H,28,29,33). The van der Waals surface area contributed by atoms with Gasteiger partial charge in [0.1, 0.15) is 6.67 Å². The molecular weight excluding hydrogens is 437 g/mol. The molecule has 8 nitrogen and oxygen atoms in total. The number of carbonyl (C=O) groups excluding carboxylic acids is 3. The van der Waals surface area contributed by atoms with E-state index in [-0.39, 0.29) is 24.4 Å². The van der Waals surface area contributed by atoms with E-state index in [1.807, 2.05) is 11.5 Å². The molecule has 0 aliphatic carbocycles. The number of aromatic nitrogens is 2. The molecular formula is C25H28FN5O3. The molecule has 9 heteroatoms. The van der Waals surface area contributed by atoms with Gasteiger partial charge in [0, 0.05) is 37.3 Å². The monoisotopic (exact) mass is 465 g/mol. The molecule has 2 aromatic carbocycles. The molecule has 1 aliphatic rings. The zero-order valence-corrected chi connectivity index (χ0v) is 19.3. The first-order chi connectivity index (χ1) is 16.4. The molecule has 2 bridgehead atoms. The Morgan fingerprint density at radius 1 is 1.15 bits per heavy atom. The van der Waals surface area contributed by atoms with E-state index in [0.717, 1.165) is 19.3 Å². The molecule has 3 aromatic rings. The van der Waals surface area contributed by atoms with Crippen LogP contribution in [-0.4, -0.2) is 59.0 Å². The first kappa shape index (κ1) is 23.4. The zero-order chi connectivity index (χ0) is 24.2. The van der Waals surface area contributed by atoms with Crippen LogP contribution in [0.15, 0.2) is 42.5 Å². The van der Waals surface area contributed by atoms with Crippen molar-refractivity contribution >= 4 is 34.7 Å². The summed E-state index contributed by atoms with van der Waals surface area (Å²) in [6, 6.07) is 11.6. The Labute approximate surface area is 197 Å². The number of rotatable bonds is 3. The predicted octanol–water partition coefficient (Wildman–Crippen LogP) is 3.80. The summed E-state index contributed by atoms with van der Waals surface area (Å²) in [5.74, 6) is -0.599. The molecule has 1 aliphatic heterocycles. The van der Waals surface area contributed by atoms with Gasteiger partial charge in [-0.3, -0.25) is 19.7 Å². The maximum atomic E-state index is 13.1. The van der Waals surface area contributed by atoms with Gasteiger partial charge >= 0.3 is 0 Å². The van der Waals surface area contributed by atoms with Gasteiger partial charge < -0.3 is 14.8 Å². The second kappa shape index (κ2) is 10.0. The van der Waals surface area contributed by atoms with E-state index in [4.69, 9.17) is 0 Å². The van der Waals surface area contributed by atoms with Gasteiger partial charge in [0.25, 0.3) is 17.7 Å². The third-order valence-corrected chi connectivity index (χ3v) is 6.09. The van der Waals surface area contributed by atoms with E-state index < -0.39 is 12.6 Å². The van der Waals surface area contributed by atoms with Crippen molar-refractivity contribution in [2.24, 2.45) is 0 Å². The average molecular weight is 466 g/mol. The number of fused-ring (bicyclic) bond motifs is 5. The number of alkyl halides is 1. The number of carbonyl (C=O) groups is 3. The van der Waals surface area contributed by atoms with Crippen LogP contribution in [0, 0.1) is 0 Å². The molecule has 2 N–H and O–H groups in total. The van der Waals surface area contributed by atoms with E-state index in [1.54, 1.807) is 49.5 Å². The van der Waals surface area contributed by atoms with Crippen LogP contribution in [-0.2, 0) is 0 Å². The quantitative estimate of drug-likeness (QED) is 0.615. The van der Waals surface area contributed by atoms with Gasteiger partial charge in [0.2, 0.25) is 5.95 Å². The van der Waals surface area contributed by atoms with Gasteiger partial charge in [0.05, 0.1) is 16.6 Å². The lowest BCUT2D eigenvalue weighted by molar-refractivity contribution is 0.0787. The normalized spacial score (nSPS) is 16.9. The zero-order valence-electron chi connectivity index (χ0n) is 19.3. The lowest BCUT2D eigenvalue weighted by atomic mass is 10.1. The first-order valence-electron chi connectivity index (χ1n) is 11.4. The molecule has 34 heavy (non-hydrogen) atoms. The number of para-hydroxylation sites is 1. The van der Waals surface area contributed by atoms with Crippen LogP contribution in [0.25, 0.3) is 11.0 Å². The van der Waals surface area contributed by atoms with E-state index in [1.165, 1.54) is 4.90 Å². The van der Waals surface area contributed by atoms with E-state index in [9.17, 15) is 18.8 Å². The van der Waals surface area contributed by atoms with E-state index in [0.29, 0.717) is 40.2 Å². The second-order valence-corrected chi connectivity index (χ2v) is 8.53. The van der Waals surface area contributed by atoms with Crippen LogP contribution >= 0.6 is 0 Å². The van der Waals surface area contributed by atoms with Crippen molar-refractivity contribution in [2.75, 3.05) is 32.1 Å². The second-order valence-electron chi connectivity index (χ2n) is 8.53. The van der Waals surface area contributed by atoms with Gasteiger partial charge in [-0.25, -0.2) is 9.37 Å². The molecule has 2 heterocycles. The Hall–Kier alpha value is -3.75. The van der Waals surface area contributed by atoms with Crippen molar-refractivity contribution in [2.45, 2.75) is 32.2 Å². The number of halogens is 1. The number of nitrogens with zero attached hydrogens (tertiary/aromatic N) is 3. The van der Waals surface area contributed by atoms with Crippen LogP contribution < -0.4 is 10.6 Å². The van der Waals surface area contributed by atoms with Crippen LogP contribution in [0.1, 0.15) is 63.3 Å². The van der Waals surface area contributed by atoms with E-state index in [2.05, 4.69) is 15.6 Å². The molecule has 1 atom stereocenters. The third kappa shape index (κ3) is 4.64. The highest BCUT2D eigenvalue weighted by Crippen LogP contribution is 2.31. The largest absolute Gasteiger partial charge is 0.352 e. The van der Waals surface area contributed by atoms with Crippen LogP contribution in [0.2, 0.25) is 0 Å². The minimum atomic E-state index is -0.634. The molecule has 0 spiro atoms. The smallest absolute Gasteiger partial charge is 0.257 e. The third-order valence-electron chi connectivity index (χ3n) is 6.09. The number of imidazole rings is 1. The van der Waals surface area contributed by atoms with Gasteiger partial charge in [-0.05, 0) is 56.5 Å². The topological polar surface area (TPSA) is 96.3 Å². The van der Waals surface area contributed by atoms with Crippen molar-refractivity contribution in [1.29, 1.82) is 0 Å². The lowest BCUT2D eigenvalue weighted by Crippen LogP contribution is -2.29. The van der Waals surface area contributed by atoms with Gasteiger partial charge in [-0.1, -0.05) is 12.1 Å². The Morgan fingerprint density at radius 2 is 1.88 bits per heavy atom. The summed E-state index contributed by atoms with van der Waals surface area (Å²) in [5.41, 5.74) is 2.32. The molecule has 0 saturated heterocycles. The van der Waals surface area contributed by atoms with Gasteiger partial charge in [-0.2, -0.15) is 0 Å². The number of amides is 3. The fourth-order valence-corrected chi connectivity index (χ4v) is 4.25. The lowest BCUT2D eigenvalue weighted by Gasteiger charge is -2.21. The Bertz CT molecular complexity index is 1240. The minimum Gasteiger partial charge on any atom is -0.352 e. The van der Waals surface area contributed by atoms with E-state index >= 15 is 0 Å². The number of hydrogen-bond donors (Lipinski definition) is 2. The molecule has 178 valence electrons. The highest BCUT2D eigenvalue weighted by Gasteiger charge is 2.24. The molecule has 4 rings (SSSR count). The number of benzene rings is 2. The summed E-state index contributed by atoms with van der Waals surface area (Å²) in [6.07, 6.45) is 2.36. The highest BCUT2D eigenvalue weighted by molar-refractivity contribution is 6.08.